The maximum Gasteiger partial charge on any atom is 0.319 e. The Labute approximate surface area is 128 Å². The first-order valence-electron chi connectivity index (χ1n) is 7.57. The van der Waals surface area contributed by atoms with Crippen molar-refractivity contribution < 1.29 is 14.5 Å². The Bertz CT molecular complexity index is 604. The van der Waals surface area contributed by atoms with Gasteiger partial charge in [-0.25, -0.2) is 4.79 Å². The SMILES string of the molecule is CCc1ccc(NC(=O)NC2CC3CCC2O3)cc1[N+](=O)[O-]. The number of hydrogen-bond acceptors (Lipinski definition) is 4. The molecule has 2 saturated heterocycles. The third-order valence-corrected chi connectivity index (χ3v) is 4.34. The van der Waals surface area contributed by atoms with Crippen molar-refractivity contribution in [3.8, 4) is 0 Å². The highest BCUT2D eigenvalue weighted by Crippen LogP contribution is 2.34. The fourth-order valence-corrected chi connectivity index (χ4v) is 3.24. The first kappa shape index (κ1) is 14.8. The lowest BCUT2D eigenvalue weighted by Gasteiger charge is -2.20. The number of ether oxygens (including phenoxy) is 1. The van der Waals surface area contributed by atoms with E-state index in [1.807, 2.05) is 6.92 Å². The van der Waals surface area contributed by atoms with Gasteiger partial charge in [-0.3, -0.25) is 10.1 Å². The largest absolute Gasteiger partial charge is 0.373 e. The number of nitrogens with one attached hydrogen (secondary N) is 2. The molecule has 3 unspecified atom stereocenters. The number of urea groups is 1. The number of aryl methyl sites for hydroxylation is 1. The third-order valence-electron chi connectivity index (χ3n) is 4.34. The van der Waals surface area contributed by atoms with E-state index in [-0.39, 0.29) is 30.0 Å². The number of anilines is 1. The minimum absolute atomic E-state index is 0.0311. The highest BCUT2D eigenvalue weighted by atomic mass is 16.6. The Morgan fingerprint density at radius 1 is 1.45 bits per heavy atom. The van der Waals surface area contributed by atoms with Crippen LogP contribution in [0.25, 0.3) is 0 Å². The molecule has 3 rings (SSSR count). The van der Waals surface area contributed by atoms with Gasteiger partial charge in [0.15, 0.2) is 0 Å². The molecule has 1 aromatic carbocycles. The van der Waals surface area contributed by atoms with Gasteiger partial charge in [-0.05, 0) is 31.7 Å². The van der Waals surface area contributed by atoms with Crippen molar-refractivity contribution in [1.82, 2.24) is 5.32 Å². The van der Waals surface area contributed by atoms with Crippen molar-refractivity contribution in [2.24, 2.45) is 0 Å². The topological polar surface area (TPSA) is 93.5 Å². The van der Waals surface area contributed by atoms with E-state index >= 15 is 0 Å². The molecule has 2 aliphatic rings. The fraction of sp³-hybridized carbons (Fsp3) is 0.533. The minimum Gasteiger partial charge on any atom is -0.373 e. The molecule has 2 N–H and O–H groups in total. The molecule has 2 aliphatic heterocycles. The van der Waals surface area contributed by atoms with E-state index in [1.54, 1.807) is 12.1 Å². The van der Waals surface area contributed by atoms with Gasteiger partial charge < -0.3 is 15.4 Å². The molecule has 0 spiro atoms. The van der Waals surface area contributed by atoms with E-state index in [4.69, 9.17) is 4.74 Å². The van der Waals surface area contributed by atoms with Gasteiger partial charge in [-0.15, -0.1) is 0 Å². The highest BCUT2D eigenvalue weighted by molar-refractivity contribution is 5.90. The normalized spacial score (nSPS) is 26.0. The van der Waals surface area contributed by atoms with Crippen LogP contribution in [0, 0.1) is 10.1 Å². The van der Waals surface area contributed by atoms with Crippen LogP contribution in [0.15, 0.2) is 18.2 Å². The van der Waals surface area contributed by atoms with Crippen molar-refractivity contribution in [2.75, 3.05) is 5.32 Å². The molecule has 118 valence electrons. The number of fused-ring (bicyclic) bond motifs is 2. The second kappa shape index (κ2) is 5.92. The molecule has 2 fully saturated rings. The number of nitro groups is 1. The van der Waals surface area contributed by atoms with Gasteiger partial charge >= 0.3 is 6.03 Å². The number of rotatable bonds is 4. The average Bonchev–Trinajstić information content (AvgIpc) is 3.09. The van der Waals surface area contributed by atoms with Crippen molar-refractivity contribution >= 4 is 17.4 Å². The molecule has 2 amide bonds. The van der Waals surface area contributed by atoms with Crippen molar-refractivity contribution in [2.45, 2.75) is 50.9 Å². The fourth-order valence-electron chi connectivity index (χ4n) is 3.24. The molecule has 7 nitrogen and oxygen atoms in total. The minimum atomic E-state index is -0.425. The second-order valence-corrected chi connectivity index (χ2v) is 5.77. The zero-order chi connectivity index (χ0) is 15.7. The zero-order valence-corrected chi connectivity index (χ0v) is 12.4. The Kier molecular flexibility index (Phi) is 3.98. The smallest absolute Gasteiger partial charge is 0.319 e. The first-order chi connectivity index (χ1) is 10.6. The molecule has 0 radical (unpaired) electrons. The molecule has 2 heterocycles. The van der Waals surface area contributed by atoms with E-state index in [0.717, 1.165) is 19.3 Å². The van der Waals surface area contributed by atoms with Gasteiger partial charge in [0.2, 0.25) is 0 Å². The summed E-state index contributed by atoms with van der Waals surface area (Å²) in [7, 11) is 0. The van der Waals surface area contributed by atoms with E-state index in [1.165, 1.54) is 6.07 Å². The van der Waals surface area contributed by atoms with Crippen LogP contribution in [0.5, 0.6) is 0 Å². The van der Waals surface area contributed by atoms with Crippen LogP contribution >= 0.6 is 0 Å². The van der Waals surface area contributed by atoms with Gasteiger partial charge in [0, 0.05) is 17.3 Å². The van der Waals surface area contributed by atoms with E-state index in [2.05, 4.69) is 10.6 Å². The standard InChI is InChI=1S/C15H19N3O4/c1-2-9-3-4-10(7-13(9)18(20)21)16-15(19)17-12-8-11-5-6-14(12)22-11/h3-4,7,11-12,14H,2,5-6,8H2,1H3,(H2,16,17,19). The summed E-state index contributed by atoms with van der Waals surface area (Å²) in [4.78, 5) is 22.7. The summed E-state index contributed by atoms with van der Waals surface area (Å²) < 4.78 is 5.68. The molecule has 0 saturated carbocycles. The van der Waals surface area contributed by atoms with Crippen LogP contribution in [0.2, 0.25) is 0 Å². The van der Waals surface area contributed by atoms with Crippen molar-refractivity contribution in [1.29, 1.82) is 0 Å². The summed E-state index contributed by atoms with van der Waals surface area (Å²) in [6.07, 6.45) is 3.83. The number of nitrogens with zero attached hydrogens (tertiary/aromatic N) is 1. The quantitative estimate of drug-likeness (QED) is 0.660. The Balaban J connectivity index is 1.64. The Morgan fingerprint density at radius 2 is 2.27 bits per heavy atom. The summed E-state index contributed by atoms with van der Waals surface area (Å²) >= 11 is 0. The van der Waals surface area contributed by atoms with Crippen molar-refractivity contribution in [3.05, 3.63) is 33.9 Å². The molecule has 22 heavy (non-hydrogen) atoms. The average molecular weight is 305 g/mol. The van der Waals surface area contributed by atoms with Crippen LogP contribution < -0.4 is 10.6 Å². The first-order valence-corrected chi connectivity index (χ1v) is 7.57. The summed E-state index contributed by atoms with van der Waals surface area (Å²) in [5.41, 5.74) is 1.10. The van der Waals surface area contributed by atoms with Gasteiger partial charge in [0.1, 0.15) is 0 Å². The molecular formula is C15H19N3O4. The maximum atomic E-state index is 12.0. The maximum absolute atomic E-state index is 12.0. The summed E-state index contributed by atoms with van der Waals surface area (Å²) in [6.45, 7) is 1.86. The highest BCUT2D eigenvalue weighted by Gasteiger charge is 2.41. The van der Waals surface area contributed by atoms with E-state index in [0.29, 0.717) is 17.7 Å². The number of benzene rings is 1. The third kappa shape index (κ3) is 2.89. The molecule has 1 aromatic rings. The lowest BCUT2D eigenvalue weighted by Crippen LogP contribution is -2.43. The van der Waals surface area contributed by atoms with Gasteiger partial charge in [-0.1, -0.05) is 13.0 Å². The van der Waals surface area contributed by atoms with Crippen molar-refractivity contribution in [3.63, 3.8) is 0 Å². The Morgan fingerprint density at radius 3 is 2.86 bits per heavy atom. The number of amides is 2. The van der Waals surface area contributed by atoms with E-state index in [9.17, 15) is 14.9 Å². The monoisotopic (exact) mass is 305 g/mol. The second-order valence-electron chi connectivity index (χ2n) is 5.77. The van der Waals surface area contributed by atoms with Crippen LogP contribution in [0.1, 0.15) is 31.7 Å². The van der Waals surface area contributed by atoms with Gasteiger partial charge in [-0.2, -0.15) is 0 Å². The van der Waals surface area contributed by atoms with E-state index < -0.39 is 4.92 Å². The van der Waals surface area contributed by atoms with Crippen LogP contribution in [-0.4, -0.2) is 29.2 Å². The van der Waals surface area contributed by atoms with Gasteiger partial charge in [0.25, 0.3) is 5.69 Å². The van der Waals surface area contributed by atoms with Crippen LogP contribution in [0.4, 0.5) is 16.2 Å². The number of carbonyl (C=O) groups excluding carboxylic acids is 1. The van der Waals surface area contributed by atoms with Crippen LogP contribution in [-0.2, 0) is 11.2 Å². The van der Waals surface area contributed by atoms with Crippen LogP contribution in [0.3, 0.4) is 0 Å². The molecule has 3 atom stereocenters. The number of hydrogen-bond donors (Lipinski definition) is 2. The summed E-state index contributed by atoms with van der Waals surface area (Å²) in [5.74, 6) is 0. The lowest BCUT2D eigenvalue weighted by molar-refractivity contribution is -0.385. The number of carbonyl (C=O) groups is 1. The molecular weight excluding hydrogens is 286 g/mol. The molecule has 2 bridgehead atoms. The molecule has 7 heteroatoms. The lowest BCUT2D eigenvalue weighted by atomic mass is 9.96. The predicted octanol–water partition coefficient (Wildman–Crippen LogP) is 2.60. The predicted molar refractivity (Wildman–Crippen MR) is 80.9 cm³/mol. The zero-order valence-electron chi connectivity index (χ0n) is 12.4. The summed E-state index contributed by atoms with van der Waals surface area (Å²) in [5, 5.41) is 16.6. The molecule has 0 aromatic heterocycles. The van der Waals surface area contributed by atoms with Gasteiger partial charge in [0.05, 0.1) is 23.2 Å². The molecule has 0 aliphatic carbocycles. The Hall–Kier alpha value is -2.15. The summed E-state index contributed by atoms with van der Waals surface area (Å²) in [6, 6.07) is 4.44. The number of nitro benzene ring substituents is 1.